The predicted molar refractivity (Wildman–Crippen MR) is 102 cm³/mol. The van der Waals surface area contributed by atoms with Crippen LogP contribution in [-0.2, 0) is 0 Å². The van der Waals surface area contributed by atoms with Gasteiger partial charge in [0, 0.05) is 5.56 Å². The fourth-order valence-corrected chi connectivity index (χ4v) is 3.36. The molecule has 0 unspecified atom stereocenters. The summed E-state index contributed by atoms with van der Waals surface area (Å²) < 4.78 is 11.0. The number of nitrogens with zero attached hydrogens (tertiary/aromatic N) is 2. The summed E-state index contributed by atoms with van der Waals surface area (Å²) in [6.07, 6.45) is 2.37. The first-order chi connectivity index (χ1) is 13.0. The van der Waals surface area contributed by atoms with Crippen molar-refractivity contribution in [2.45, 2.75) is 20.3 Å². The molecule has 0 aliphatic carbocycles. The zero-order valence-corrected chi connectivity index (χ0v) is 15.7. The van der Waals surface area contributed by atoms with Crippen LogP contribution < -0.4 is 4.74 Å². The number of aromatic nitrogens is 1. The molecule has 0 spiro atoms. The lowest BCUT2D eigenvalue weighted by Gasteiger charge is -2.10. The Hall–Kier alpha value is -3.11. The third kappa shape index (κ3) is 4.18. The lowest BCUT2D eigenvalue weighted by Crippen LogP contribution is -2.02. The molecule has 6 nitrogen and oxygen atoms in total. The minimum atomic E-state index is -1.07. The van der Waals surface area contributed by atoms with Gasteiger partial charge in [0.1, 0.15) is 27.4 Å². The molecule has 0 saturated carbocycles. The fraction of sp³-hybridized carbons (Fsp3) is 0.250. The van der Waals surface area contributed by atoms with Crippen molar-refractivity contribution in [3.05, 3.63) is 47.0 Å². The Balaban J connectivity index is 1.94. The maximum Gasteiger partial charge on any atom is 0.348 e. The molecule has 0 atom stereocenters. The highest BCUT2D eigenvalue weighted by Gasteiger charge is 2.22. The van der Waals surface area contributed by atoms with E-state index < -0.39 is 5.97 Å². The van der Waals surface area contributed by atoms with Crippen LogP contribution >= 0.6 is 11.3 Å². The molecule has 0 fully saturated rings. The van der Waals surface area contributed by atoms with Crippen LogP contribution in [0.1, 0.15) is 35.5 Å². The van der Waals surface area contributed by atoms with Gasteiger partial charge in [-0.3, -0.25) is 0 Å². The van der Waals surface area contributed by atoms with Gasteiger partial charge >= 0.3 is 5.97 Å². The maximum atomic E-state index is 11.6. The summed E-state index contributed by atoms with van der Waals surface area (Å²) in [6.45, 7) is 4.75. The van der Waals surface area contributed by atoms with Gasteiger partial charge in [0.2, 0.25) is 0 Å². The Bertz CT molecular complexity index is 984. The molecule has 2 aromatic heterocycles. The number of thiazole rings is 1. The monoisotopic (exact) mass is 382 g/mol. The largest absolute Gasteiger partial charge is 0.492 e. The SMILES string of the molecule is CC(C)CCOc1ccc(-c2nc(-c3ccco3)c(C(=O)O)s2)cc1C#N. The van der Waals surface area contributed by atoms with E-state index in [-0.39, 0.29) is 10.6 Å². The number of aromatic carboxylic acids is 1. The Labute approximate surface area is 160 Å². The molecule has 0 aliphatic rings. The number of carboxylic acid groups (broad SMARTS) is 1. The van der Waals surface area contributed by atoms with Gasteiger partial charge in [0.05, 0.1) is 18.4 Å². The number of ether oxygens (including phenoxy) is 1. The number of hydrogen-bond donors (Lipinski definition) is 1. The van der Waals surface area contributed by atoms with E-state index in [1.165, 1.54) is 6.26 Å². The van der Waals surface area contributed by atoms with Gasteiger partial charge in [0.15, 0.2) is 5.76 Å². The molecule has 3 rings (SSSR count). The standard InChI is InChI=1S/C20H18N2O4S/c1-12(2)7-9-26-15-6-5-13(10-14(15)11-21)19-22-17(16-4-3-8-25-16)18(27-19)20(23)24/h3-6,8,10,12H,7,9H2,1-2H3,(H,23,24). The van der Waals surface area contributed by atoms with Gasteiger partial charge in [-0.2, -0.15) is 5.26 Å². The summed E-state index contributed by atoms with van der Waals surface area (Å²) in [5, 5.41) is 19.4. The quantitative estimate of drug-likeness (QED) is 0.613. The number of nitriles is 1. The van der Waals surface area contributed by atoms with Crippen molar-refractivity contribution in [2.75, 3.05) is 6.61 Å². The average molecular weight is 382 g/mol. The van der Waals surface area contributed by atoms with Crippen LogP contribution in [0.15, 0.2) is 41.0 Å². The van der Waals surface area contributed by atoms with Gasteiger partial charge in [-0.05, 0) is 42.7 Å². The number of rotatable bonds is 7. The molecular formula is C20H18N2O4S. The van der Waals surface area contributed by atoms with Crippen molar-refractivity contribution in [3.8, 4) is 33.8 Å². The first-order valence-corrected chi connectivity index (χ1v) is 9.26. The van der Waals surface area contributed by atoms with Crippen LogP contribution in [-0.4, -0.2) is 22.7 Å². The molecule has 0 amide bonds. The van der Waals surface area contributed by atoms with Crippen molar-refractivity contribution in [1.29, 1.82) is 5.26 Å². The molecule has 0 aliphatic heterocycles. The number of furan rings is 1. The van der Waals surface area contributed by atoms with E-state index in [4.69, 9.17) is 9.15 Å². The third-order valence-electron chi connectivity index (χ3n) is 3.88. The molecule has 0 bridgehead atoms. The minimum Gasteiger partial charge on any atom is -0.492 e. The molecule has 0 saturated heterocycles. The van der Waals surface area contributed by atoms with Crippen LogP contribution in [0.5, 0.6) is 5.75 Å². The Morgan fingerprint density at radius 3 is 2.85 bits per heavy atom. The van der Waals surface area contributed by atoms with E-state index in [0.29, 0.717) is 40.2 Å². The van der Waals surface area contributed by atoms with E-state index in [9.17, 15) is 15.2 Å². The predicted octanol–water partition coefficient (Wildman–Crippen LogP) is 5.06. The molecule has 0 radical (unpaired) electrons. The van der Waals surface area contributed by atoms with Crippen molar-refractivity contribution in [2.24, 2.45) is 5.92 Å². The average Bonchev–Trinajstić information content (AvgIpc) is 3.31. The zero-order valence-electron chi connectivity index (χ0n) is 14.9. The highest BCUT2D eigenvalue weighted by atomic mass is 32.1. The number of carboxylic acids is 1. The Morgan fingerprint density at radius 1 is 1.41 bits per heavy atom. The second-order valence-corrected chi connectivity index (χ2v) is 7.33. The first kappa shape index (κ1) is 18.7. The van der Waals surface area contributed by atoms with Gasteiger partial charge in [-0.1, -0.05) is 13.8 Å². The van der Waals surface area contributed by atoms with Gasteiger partial charge in [-0.15, -0.1) is 11.3 Å². The number of hydrogen-bond acceptors (Lipinski definition) is 6. The summed E-state index contributed by atoms with van der Waals surface area (Å²) in [5.74, 6) is 0.353. The summed E-state index contributed by atoms with van der Waals surface area (Å²) >= 11 is 1.04. The second kappa shape index (κ2) is 8.06. The van der Waals surface area contributed by atoms with E-state index in [1.807, 2.05) is 0 Å². The number of carbonyl (C=O) groups is 1. The lowest BCUT2D eigenvalue weighted by molar-refractivity contribution is 0.0702. The Kier molecular flexibility index (Phi) is 5.57. The third-order valence-corrected chi connectivity index (χ3v) is 4.97. The van der Waals surface area contributed by atoms with E-state index >= 15 is 0 Å². The number of benzene rings is 1. The second-order valence-electron chi connectivity index (χ2n) is 6.33. The maximum absolute atomic E-state index is 11.6. The molecule has 7 heteroatoms. The molecule has 3 aromatic rings. The molecule has 27 heavy (non-hydrogen) atoms. The highest BCUT2D eigenvalue weighted by Crippen LogP contribution is 2.35. The summed E-state index contributed by atoms with van der Waals surface area (Å²) in [6, 6.07) is 10.6. The highest BCUT2D eigenvalue weighted by molar-refractivity contribution is 7.17. The summed E-state index contributed by atoms with van der Waals surface area (Å²) in [4.78, 5) is 16.1. The summed E-state index contributed by atoms with van der Waals surface area (Å²) in [7, 11) is 0. The molecule has 1 aromatic carbocycles. The molecule has 138 valence electrons. The molecular weight excluding hydrogens is 364 g/mol. The Morgan fingerprint density at radius 2 is 2.22 bits per heavy atom. The van der Waals surface area contributed by atoms with Crippen LogP contribution in [0.4, 0.5) is 0 Å². The van der Waals surface area contributed by atoms with Crippen molar-refractivity contribution < 1.29 is 19.1 Å². The van der Waals surface area contributed by atoms with Crippen molar-refractivity contribution in [1.82, 2.24) is 4.98 Å². The van der Waals surface area contributed by atoms with Crippen LogP contribution in [0, 0.1) is 17.2 Å². The first-order valence-electron chi connectivity index (χ1n) is 8.45. The van der Waals surface area contributed by atoms with Crippen LogP contribution in [0.2, 0.25) is 0 Å². The van der Waals surface area contributed by atoms with Crippen LogP contribution in [0.3, 0.4) is 0 Å². The van der Waals surface area contributed by atoms with Gasteiger partial charge in [0.25, 0.3) is 0 Å². The fourth-order valence-electron chi connectivity index (χ4n) is 2.45. The van der Waals surface area contributed by atoms with E-state index in [2.05, 4.69) is 24.9 Å². The molecule has 1 N–H and O–H groups in total. The summed E-state index contributed by atoms with van der Waals surface area (Å²) in [5.41, 5.74) is 1.33. The lowest BCUT2D eigenvalue weighted by atomic mass is 10.1. The normalized spacial score (nSPS) is 10.7. The van der Waals surface area contributed by atoms with Gasteiger partial charge < -0.3 is 14.3 Å². The van der Waals surface area contributed by atoms with Crippen molar-refractivity contribution >= 4 is 17.3 Å². The topological polar surface area (TPSA) is 96.3 Å². The smallest absolute Gasteiger partial charge is 0.348 e. The van der Waals surface area contributed by atoms with Crippen LogP contribution in [0.25, 0.3) is 22.0 Å². The van der Waals surface area contributed by atoms with Crippen molar-refractivity contribution in [3.63, 3.8) is 0 Å². The van der Waals surface area contributed by atoms with Gasteiger partial charge in [-0.25, -0.2) is 9.78 Å². The van der Waals surface area contributed by atoms with E-state index in [1.54, 1.807) is 30.3 Å². The minimum absolute atomic E-state index is 0.0933. The molecule has 2 heterocycles. The van der Waals surface area contributed by atoms with E-state index in [0.717, 1.165) is 17.8 Å². The zero-order chi connectivity index (χ0) is 19.4.